The fourth-order valence-corrected chi connectivity index (χ4v) is 2.80. The van der Waals surface area contributed by atoms with Crippen molar-refractivity contribution in [3.8, 4) is 0 Å². The van der Waals surface area contributed by atoms with Gasteiger partial charge in [0.2, 0.25) is 0 Å². The number of ether oxygens (including phenoxy) is 1. The molecule has 20 heavy (non-hydrogen) atoms. The molecular weight excluding hydrogens is 255 g/mol. The number of para-hydroxylation sites is 1. The standard InChI is InChI=1S/C16H25FN2O/c1-3-18-12-13-6-5-7-15(17)16(13)19-10-8-14(9-11-19)20-4-2/h5-7,14,18H,3-4,8-12H2,1-2H3. The third-order valence-electron chi connectivity index (χ3n) is 3.80. The summed E-state index contributed by atoms with van der Waals surface area (Å²) in [6, 6.07) is 5.35. The summed E-state index contributed by atoms with van der Waals surface area (Å²) < 4.78 is 19.9. The van der Waals surface area contributed by atoms with E-state index in [4.69, 9.17) is 4.74 Å². The number of hydrogen-bond acceptors (Lipinski definition) is 3. The zero-order chi connectivity index (χ0) is 14.4. The minimum absolute atomic E-state index is 0.115. The zero-order valence-electron chi connectivity index (χ0n) is 12.5. The third kappa shape index (κ3) is 3.70. The molecular formula is C16H25FN2O. The van der Waals surface area contributed by atoms with Gasteiger partial charge in [-0.1, -0.05) is 19.1 Å². The van der Waals surface area contributed by atoms with E-state index in [-0.39, 0.29) is 5.82 Å². The van der Waals surface area contributed by atoms with Gasteiger partial charge in [0.25, 0.3) is 0 Å². The molecule has 1 N–H and O–H groups in total. The predicted octanol–water partition coefficient (Wildman–Crippen LogP) is 2.94. The monoisotopic (exact) mass is 280 g/mol. The van der Waals surface area contributed by atoms with Crippen molar-refractivity contribution in [2.45, 2.75) is 39.3 Å². The van der Waals surface area contributed by atoms with Crippen LogP contribution in [0.4, 0.5) is 10.1 Å². The molecule has 1 aliphatic heterocycles. The van der Waals surface area contributed by atoms with Crippen molar-refractivity contribution in [3.05, 3.63) is 29.6 Å². The van der Waals surface area contributed by atoms with Gasteiger partial charge in [0.1, 0.15) is 5.82 Å². The normalized spacial score (nSPS) is 16.6. The first-order chi connectivity index (χ1) is 9.76. The minimum atomic E-state index is -0.115. The molecule has 0 saturated carbocycles. The number of nitrogens with one attached hydrogen (secondary N) is 1. The molecule has 1 saturated heterocycles. The van der Waals surface area contributed by atoms with Crippen molar-refractivity contribution in [1.29, 1.82) is 0 Å². The highest BCUT2D eigenvalue weighted by Crippen LogP contribution is 2.28. The molecule has 1 heterocycles. The second-order valence-corrected chi connectivity index (χ2v) is 5.17. The van der Waals surface area contributed by atoms with Crippen LogP contribution in [0.3, 0.4) is 0 Å². The third-order valence-corrected chi connectivity index (χ3v) is 3.80. The van der Waals surface area contributed by atoms with E-state index in [0.29, 0.717) is 6.10 Å². The van der Waals surface area contributed by atoms with Crippen LogP contribution < -0.4 is 10.2 Å². The van der Waals surface area contributed by atoms with Crippen LogP contribution in [-0.4, -0.2) is 32.3 Å². The van der Waals surface area contributed by atoms with Crippen LogP contribution >= 0.6 is 0 Å². The molecule has 0 aliphatic carbocycles. The van der Waals surface area contributed by atoms with E-state index in [1.165, 1.54) is 0 Å². The topological polar surface area (TPSA) is 24.5 Å². The number of anilines is 1. The van der Waals surface area contributed by atoms with Crippen LogP contribution in [0.2, 0.25) is 0 Å². The molecule has 0 bridgehead atoms. The number of nitrogens with zero attached hydrogens (tertiary/aromatic N) is 1. The van der Waals surface area contributed by atoms with Crippen molar-refractivity contribution in [3.63, 3.8) is 0 Å². The first kappa shape index (κ1) is 15.3. The molecule has 112 valence electrons. The molecule has 3 nitrogen and oxygen atoms in total. The van der Waals surface area contributed by atoms with E-state index in [0.717, 1.165) is 56.9 Å². The number of piperidine rings is 1. The maximum absolute atomic E-state index is 14.2. The Morgan fingerprint density at radius 3 is 2.70 bits per heavy atom. The number of halogens is 1. The number of hydrogen-bond donors (Lipinski definition) is 1. The Labute approximate surface area is 121 Å². The molecule has 4 heteroatoms. The van der Waals surface area contributed by atoms with Gasteiger partial charge in [-0.25, -0.2) is 4.39 Å². The van der Waals surface area contributed by atoms with Gasteiger partial charge in [-0.05, 0) is 37.9 Å². The summed E-state index contributed by atoms with van der Waals surface area (Å²) in [6.45, 7) is 8.19. The SMILES string of the molecule is CCNCc1cccc(F)c1N1CCC(OCC)CC1. The molecule has 0 spiro atoms. The van der Waals surface area contributed by atoms with E-state index in [1.807, 2.05) is 13.0 Å². The van der Waals surface area contributed by atoms with Crippen LogP contribution in [-0.2, 0) is 11.3 Å². The molecule has 0 aromatic heterocycles. The first-order valence-electron chi connectivity index (χ1n) is 7.60. The van der Waals surface area contributed by atoms with Gasteiger partial charge in [-0.2, -0.15) is 0 Å². The van der Waals surface area contributed by atoms with Gasteiger partial charge < -0.3 is 15.0 Å². The first-order valence-corrected chi connectivity index (χ1v) is 7.60. The summed E-state index contributed by atoms with van der Waals surface area (Å²) >= 11 is 0. The van der Waals surface area contributed by atoms with Crippen LogP contribution in [0.15, 0.2) is 18.2 Å². The largest absolute Gasteiger partial charge is 0.378 e. The van der Waals surface area contributed by atoms with E-state index < -0.39 is 0 Å². The highest BCUT2D eigenvalue weighted by molar-refractivity contribution is 5.55. The van der Waals surface area contributed by atoms with Crippen molar-refractivity contribution in [1.82, 2.24) is 5.32 Å². The molecule has 0 amide bonds. The Kier molecular flexibility index (Phi) is 5.80. The second-order valence-electron chi connectivity index (χ2n) is 5.17. The van der Waals surface area contributed by atoms with Gasteiger partial charge in [0, 0.05) is 26.2 Å². The Morgan fingerprint density at radius 2 is 2.05 bits per heavy atom. The number of rotatable bonds is 6. The fourth-order valence-electron chi connectivity index (χ4n) is 2.80. The van der Waals surface area contributed by atoms with E-state index in [2.05, 4.69) is 17.1 Å². The van der Waals surface area contributed by atoms with Crippen molar-refractivity contribution in [2.24, 2.45) is 0 Å². The lowest BCUT2D eigenvalue weighted by Gasteiger charge is -2.34. The zero-order valence-corrected chi connectivity index (χ0v) is 12.5. The van der Waals surface area contributed by atoms with Gasteiger partial charge >= 0.3 is 0 Å². The lowest BCUT2D eigenvalue weighted by atomic mass is 10.0. The van der Waals surface area contributed by atoms with E-state index >= 15 is 0 Å². The summed E-state index contributed by atoms with van der Waals surface area (Å²) in [5.41, 5.74) is 1.81. The fraction of sp³-hybridized carbons (Fsp3) is 0.625. The summed E-state index contributed by atoms with van der Waals surface area (Å²) in [5.74, 6) is -0.115. The van der Waals surface area contributed by atoms with Crippen LogP contribution in [0.25, 0.3) is 0 Å². The molecule has 0 radical (unpaired) electrons. The van der Waals surface area contributed by atoms with Crippen molar-refractivity contribution < 1.29 is 9.13 Å². The Balaban J connectivity index is 2.08. The average molecular weight is 280 g/mol. The summed E-state index contributed by atoms with van der Waals surface area (Å²) in [6.07, 6.45) is 2.28. The van der Waals surface area contributed by atoms with Crippen molar-refractivity contribution >= 4 is 5.69 Å². The second kappa shape index (κ2) is 7.60. The summed E-state index contributed by atoms with van der Waals surface area (Å²) in [5, 5.41) is 3.28. The average Bonchev–Trinajstić information content (AvgIpc) is 2.47. The van der Waals surface area contributed by atoms with Crippen molar-refractivity contribution in [2.75, 3.05) is 31.1 Å². The Bertz CT molecular complexity index is 417. The molecule has 2 rings (SSSR count). The summed E-state index contributed by atoms with van der Waals surface area (Å²) in [4.78, 5) is 2.16. The van der Waals surface area contributed by atoms with Gasteiger partial charge in [0.15, 0.2) is 0 Å². The molecule has 1 aromatic carbocycles. The molecule has 1 aliphatic rings. The van der Waals surface area contributed by atoms with Crippen LogP contribution in [0.5, 0.6) is 0 Å². The van der Waals surface area contributed by atoms with Crippen LogP contribution in [0.1, 0.15) is 32.3 Å². The molecule has 0 atom stereocenters. The highest BCUT2D eigenvalue weighted by Gasteiger charge is 2.23. The van der Waals surface area contributed by atoms with Crippen LogP contribution in [0, 0.1) is 5.82 Å². The molecule has 1 aromatic rings. The van der Waals surface area contributed by atoms with Gasteiger partial charge in [-0.3, -0.25) is 0 Å². The smallest absolute Gasteiger partial charge is 0.146 e. The number of benzene rings is 1. The maximum atomic E-state index is 14.2. The highest BCUT2D eigenvalue weighted by atomic mass is 19.1. The van der Waals surface area contributed by atoms with E-state index in [1.54, 1.807) is 12.1 Å². The Morgan fingerprint density at radius 1 is 1.30 bits per heavy atom. The lowest BCUT2D eigenvalue weighted by molar-refractivity contribution is 0.0458. The summed E-state index contributed by atoms with van der Waals surface area (Å²) in [7, 11) is 0. The Hall–Kier alpha value is -1.13. The van der Waals surface area contributed by atoms with Gasteiger partial charge in [-0.15, -0.1) is 0 Å². The minimum Gasteiger partial charge on any atom is -0.378 e. The maximum Gasteiger partial charge on any atom is 0.146 e. The quantitative estimate of drug-likeness (QED) is 0.867. The lowest BCUT2D eigenvalue weighted by Crippen LogP contribution is -2.38. The molecule has 0 unspecified atom stereocenters. The molecule has 1 fully saturated rings. The van der Waals surface area contributed by atoms with E-state index in [9.17, 15) is 4.39 Å². The van der Waals surface area contributed by atoms with Gasteiger partial charge in [0.05, 0.1) is 11.8 Å². The predicted molar refractivity (Wildman–Crippen MR) is 80.6 cm³/mol.